The van der Waals surface area contributed by atoms with Gasteiger partial charge in [-0.2, -0.15) is 0 Å². The molecule has 2 rings (SSSR count). The van der Waals surface area contributed by atoms with Crippen molar-refractivity contribution in [3.8, 4) is 11.3 Å². The van der Waals surface area contributed by atoms with Crippen molar-refractivity contribution in [1.82, 2.24) is 10.5 Å². The number of aryl methyl sites for hydroxylation is 1. The van der Waals surface area contributed by atoms with Crippen LogP contribution in [0.3, 0.4) is 0 Å². The van der Waals surface area contributed by atoms with Crippen LogP contribution in [0.15, 0.2) is 22.7 Å². The van der Waals surface area contributed by atoms with Crippen molar-refractivity contribution >= 4 is 23.5 Å². The van der Waals surface area contributed by atoms with Crippen LogP contribution < -0.4 is 5.32 Å². The van der Waals surface area contributed by atoms with Crippen LogP contribution in [0.4, 0.5) is 4.39 Å². The Morgan fingerprint density at radius 1 is 1.48 bits per heavy atom. The van der Waals surface area contributed by atoms with Crippen LogP contribution in [0.2, 0.25) is 5.02 Å². The highest BCUT2D eigenvalue weighted by Crippen LogP contribution is 2.33. The summed E-state index contributed by atoms with van der Waals surface area (Å²) in [6.45, 7) is 0.884. The van der Waals surface area contributed by atoms with Gasteiger partial charge in [0.2, 0.25) is 0 Å². The maximum atomic E-state index is 13.9. The highest BCUT2D eigenvalue weighted by atomic mass is 35.5. The number of carboxylic acid groups (broad SMARTS) is 1. The largest absolute Gasteiger partial charge is 0.480 e. The van der Waals surface area contributed by atoms with E-state index in [0.29, 0.717) is 0 Å². The van der Waals surface area contributed by atoms with Gasteiger partial charge in [0, 0.05) is 0 Å². The van der Waals surface area contributed by atoms with Gasteiger partial charge < -0.3 is 14.9 Å². The minimum Gasteiger partial charge on any atom is -0.480 e. The third-order valence-electron chi connectivity index (χ3n) is 2.69. The number of carbonyl (C=O) groups is 2. The Morgan fingerprint density at radius 3 is 2.81 bits per heavy atom. The molecule has 110 valence electrons. The van der Waals surface area contributed by atoms with Crippen LogP contribution in [0, 0.1) is 12.7 Å². The van der Waals surface area contributed by atoms with Gasteiger partial charge in [-0.15, -0.1) is 0 Å². The minimum absolute atomic E-state index is 0.0525. The lowest BCUT2D eigenvalue weighted by atomic mass is 10.0. The van der Waals surface area contributed by atoms with Gasteiger partial charge >= 0.3 is 5.97 Å². The molecule has 1 heterocycles. The summed E-state index contributed by atoms with van der Waals surface area (Å²) in [6, 6.07) is 4.03. The molecule has 0 unspecified atom stereocenters. The molecule has 2 aromatic rings. The molecule has 0 bridgehead atoms. The van der Waals surface area contributed by atoms with E-state index >= 15 is 0 Å². The molecular weight excluding hydrogens is 303 g/mol. The van der Waals surface area contributed by atoms with Crippen molar-refractivity contribution < 1.29 is 23.6 Å². The standard InChI is InChI=1S/C13H10ClFN2O4/c1-6-10(13(20)16-5-9(18)19)12(17-21-6)11-7(14)3-2-4-8(11)15/h2-4H,5H2,1H3,(H,16,20)(H,18,19). The molecule has 1 aromatic carbocycles. The highest BCUT2D eigenvalue weighted by Gasteiger charge is 2.25. The third kappa shape index (κ3) is 3.03. The lowest BCUT2D eigenvalue weighted by Crippen LogP contribution is -2.29. The van der Waals surface area contributed by atoms with E-state index in [2.05, 4.69) is 10.5 Å². The van der Waals surface area contributed by atoms with Gasteiger partial charge in [-0.05, 0) is 19.1 Å². The van der Waals surface area contributed by atoms with E-state index in [1.807, 2.05) is 0 Å². The molecule has 0 saturated carbocycles. The molecule has 6 nitrogen and oxygen atoms in total. The van der Waals surface area contributed by atoms with Crippen LogP contribution in [0.25, 0.3) is 11.3 Å². The number of carbonyl (C=O) groups excluding carboxylic acids is 1. The molecule has 0 aliphatic rings. The summed E-state index contributed by atoms with van der Waals surface area (Å²) in [5, 5.41) is 14.5. The summed E-state index contributed by atoms with van der Waals surface area (Å²) in [4.78, 5) is 22.5. The lowest BCUT2D eigenvalue weighted by molar-refractivity contribution is -0.135. The second-order valence-corrected chi connectivity index (χ2v) is 4.54. The average molecular weight is 313 g/mol. The molecule has 0 saturated heterocycles. The highest BCUT2D eigenvalue weighted by molar-refractivity contribution is 6.33. The number of halogens is 2. The van der Waals surface area contributed by atoms with E-state index in [1.54, 1.807) is 0 Å². The topological polar surface area (TPSA) is 92.4 Å². The molecule has 1 amide bonds. The van der Waals surface area contributed by atoms with Crippen molar-refractivity contribution in [1.29, 1.82) is 0 Å². The number of hydrogen-bond donors (Lipinski definition) is 2. The molecule has 1 aromatic heterocycles. The number of aromatic nitrogens is 1. The first-order valence-electron chi connectivity index (χ1n) is 5.82. The van der Waals surface area contributed by atoms with Gasteiger partial charge in [-0.25, -0.2) is 4.39 Å². The van der Waals surface area contributed by atoms with Gasteiger partial charge in [0.25, 0.3) is 5.91 Å². The zero-order valence-electron chi connectivity index (χ0n) is 10.8. The number of hydrogen-bond acceptors (Lipinski definition) is 4. The smallest absolute Gasteiger partial charge is 0.322 e. The Labute approximate surface area is 123 Å². The molecule has 2 N–H and O–H groups in total. The van der Waals surface area contributed by atoms with E-state index in [1.165, 1.54) is 25.1 Å². The first-order valence-corrected chi connectivity index (χ1v) is 6.20. The summed E-state index contributed by atoms with van der Waals surface area (Å²) < 4.78 is 18.8. The Morgan fingerprint density at radius 2 is 2.19 bits per heavy atom. The Balaban J connectivity index is 2.48. The van der Waals surface area contributed by atoms with Gasteiger partial charge in [0.15, 0.2) is 0 Å². The predicted octanol–water partition coefficient (Wildman–Crippen LogP) is 2.26. The number of carboxylic acids is 1. The van der Waals surface area contributed by atoms with Gasteiger partial charge in [0.05, 0.1) is 10.6 Å². The molecular formula is C13H10ClFN2O4. The molecule has 0 aliphatic carbocycles. The SMILES string of the molecule is Cc1onc(-c2c(F)cccc2Cl)c1C(=O)NCC(=O)O. The van der Waals surface area contributed by atoms with Gasteiger partial charge in [-0.3, -0.25) is 9.59 Å². The Bertz CT molecular complexity index is 694. The van der Waals surface area contributed by atoms with Gasteiger partial charge in [-0.1, -0.05) is 22.8 Å². The number of rotatable bonds is 4. The normalized spacial score (nSPS) is 10.4. The number of nitrogens with zero attached hydrogens (tertiary/aromatic N) is 1. The van der Waals surface area contributed by atoms with Crippen molar-refractivity contribution in [2.75, 3.05) is 6.54 Å². The van der Waals surface area contributed by atoms with E-state index in [-0.39, 0.29) is 27.6 Å². The van der Waals surface area contributed by atoms with E-state index in [4.69, 9.17) is 21.2 Å². The number of amides is 1. The first-order chi connectivity index (χ1) is 9.91. The molecule has 0 aliphatic heterocycles. The summed E-state index contributed by atoms with van der Waals surface area (Å²) in [5.74, 6) is -2.47. The summed E-state index contributed by atoms with van der Waals surface area (Å²) >= 11 is 5.93. The lowest BCUT2D eigenvalue weighted by Gasteiger charge is -2.06. The molecule has 0 radical (unpaired) electrons. The second-order valence-electron chi connectivity index (χ2n) is 4.14. The van der Waals surface area contributed by atoms with Crippen LogP contribution in [0.1, 0.15) is 16.1 Å². The summed E-state index contributed by atoms with van der Waals surface area (Å²) in [5.41, 5.74) is -0.196. The second kappa shape index (κ2) is 5.92. The minimum atomic E-state index is -1.21. The molecule has 0 spiro atoms. The summed E-state index contributed by atoms with van der Waals surface area (Å²) in [6.07, 6.45) is 0. The van der Waals surface area contributed by atoms with E-state index < -0.39 is 24.2 Å². The van der Waals surface area contributed by atoms with Gasteiger partial charge in [0.1, 0.15) is 29.4 Å². The summed E-state index contributed by atoms with van der Waals surface area (Å²) in [7, 11) is 0. The van der Waals surface area contributed by atoms with Crippen molar-refractivity contribution in [2.45, 2.75) is 6.92 Å². The molecule has 21 heavy (non-hydrogen) atoms. The third-order valence-corrected chi connectivity index (χ3v) is 3.00. The van der Waals surface area contributed by atoms with Crippen LogP contribution >= 0.6 is 11.6 Å². The van der Waals surface area contributed by atoms with Crippen molar-refractivity contribution in [3.05, 3.63) is 40.4 Å². The van der Waals surface area contributed by atoms with Crippen LogP contribution in [0.5, 0.6) is 0 Å². The quantitative estimate of drug-likeness (QED) is 0.903. The van der Waals surface area contributed by atoms with Crippen molar-refractivity contribution in [2.24, 2.45) is 0 Å². The zero-order chi connectivity index (χ0) is 15.6. The van der Waals surface area contributed by atoms with Crippen LogP contribution in [-0.4, -0.2) is 28.7 Å². The number of aliphatic carboxylic acids is 1. The molecule has 8 heteroatoms. The van der Waals surface area contributed by atoms with E-state index in [0.717, 1.165) is 0 Å². The number of benzene rings is 1. The first kappa shape index (κ1) is 15.0. The monoisotopic (exact) mass is 312 g/mol. The van der Waals surface area contributed by atoms with Crippen LogP contribution in [-0.2, 0) is 4.79 Å². The fourth-order valence-electron chi connectivity index (χ4n) is 1.78. The molecule has 0 fully saturated rings. The maximum absolute atomic E-state index is 13.9. The number of nitrogens with one attached hydrogen (secondary N) is 1. The zero-order valence-corrected chi connectivity index (χ0v) is 11.6. The Kier molecular flexibility index (Phi) is 4.23. The fourth-order valence-corrected chi connectivity index (χ4v) is 2.03. The Hall–Kier alpha value is -2.41. The predicted molar refractivity (Wildman–Crippen MR) is 71.6 cm³/mol. The average Bonchev–Trinajstić information content (AvgIpc) is 2.78. The maximum Gasteiger partial charge on any atom is 0.322 e. The van der Waals surface area contributed by atoms with E-state index in [9.17, 15) is 14.0 Å². The molecule has 0 atom stereocenters. The van der Waals surface area contributed by atoms with Crippen molar-refractivity contribution in [3.63, 3.8) is 0 Å². The fraction of sp³-hybridized carbons (Fsp3) is 0.154.